The third-order valence-corrected chi connectivity index (χ3v) is 4.72. The molecule has 21 heavy (non-hydrogen) atoms. The fraction of sp³-hybridized carbons (Fsp3) is 0.467. The van der Waals surface area contributed by atoms with Crippen LogP contribution in [-0.2, 0) is 17.9 Å². The molecule has 1 aliphatic rings. The van der Waals surface area contributed by atoms with Crippen LogP contribution in [0.3, 0.4) is 0 Å². The number of nitrogens with one attached hydrogen (secondary N) is 1. The summed E-state index contributed by atoms with van der Waals surface area (Å²) in [6.45, 7) is 2.98. The van der Waals surface area contributed by atoms with Crippen molar-refractivity contribution in [1.82, 2.24) is 20.0 Å². The molecule has 0 spiro atoms. The van der Waals surface area contributed by atoms with Crippen LogP contribution in [0.2, 0.25) is 0 Å². The molecule has 0 radical (unpaired) electrons. The third-order valence-electron chi connectivity index (χ3n) is 3.84. The first kappa shape index (κ1) is 14.3. The van der Waals surface area contributed by atoms with Crippen LogP contribution in [0.1, 0.15) is 17.7 Å². The van der Waals surface area contributed by atoms with Crippen LogP contribution < -0.4 is 5.32 Å². The highest BCUT2D eigenvalue weighted by Gasteiger charge is 2.26. The maximum atomic E-state index is 12.1. The second-order valence-electron chi connectivity index (χ2n) is 5.35. The lowest BCUT2D eigenvalue weighted by molar-refractivity contribution is -0.122. The SMILES string of the molecule is O=C(CN1CCCC1Cn1cccn1)NCc1cccs1. The number of thiophene rings is 1. The zero-order chi connectivity index (χ0) is 14.5. The van der Waals surface area contributed by atoms with Gasteiger partial charge in [0.1, 0.15) is 0 Å². The second-order valence-corrected chi connectivity index (χ2v) is 6.38. The Morgan fingerprint density at radius 3 is 3.19 bits per heavy atom. The third kappa shape index (κ3) is 3.92. The van der Waals surface area contributed by atoms with Gasteiger partial charge in [0.25, 0.3) is 0 Å². The van der Waals surface area contributed by atoms with Gasteiger partial charge in [-0.3, -0.25) is 14.4 Å². The molecule has 0 aliphatic carbocycles. The Kier molecular flexibility index (Phi) is 4.67. The fourth-order valence-corrected chi connectivity index (χ4v) is 3.42. The first-order chi connectivity index (χ1) is 10.3. The van der Waals surface area contributed by atoms with Gasteiger partial charge in [0.2, 0.25) is 5.91 Å². The van der Waals surface area contributed by atoms with Crippen molar-refractivity contribution < 1.29 is 4.79 Å². The molecule has 1 unspecified atom stereocenters. The fourth-order valence-electron chi connectivity index (χ4n) is 2.77. The first-order valence-corrected chi connectivity index (χ1v) is 8.20. The zero-order valence-electron chi connectivity index (χ0n) is 11.9. The molecule has 0 bridgehead atoms. The Labute approximate surface area is 128 Å². The van der Waals surface area contributed by atoms with Gasteiger partial charge < -0.3 is 5.32 Å². The molecule has 0 saturated carbocycles. The number of carbonyl (C=O) groups excluding carboxylic acids is 1. The van der Waals surface area contributed by atoms with Gasteiger partial charge in [-0.1, -0.05) is 6.07 Å². The molecule has 5 nitrogen and oxygen atoms in total. The monoisotopic (exact) mass is 304 g/mol. The Morgan fingerprint density at radius 2 is 2.43 bits per heavy atom. The summed E-state index contributed by atoms with van der Waals surface area (Å²) in [6.07, 6.45) is 6.07. The quantitative estimate of drug-likeness (QED) is 0.884. The largest absolute Gasteiger partial charge is 0.350 e. The molecular formula is C15H20N4OS. The van der Waals surface area contributed by atoms with Crippen molar-refractivity contribution in [3.05, 3.63) is 40.8 Å². The molecule has 3 heterocycles. The summed E-state index contributed by atoms with van der Waals surface area (Å²) in [5, 5.41) is 9.28. The molecular weight excluding hydrogens is 284 g/mol. The van der Waals surface area contributed by atoms with Crippen molar-refractivity contribution in [3.8, 4) is 0 Å². The van der Waals surface area contributed by atoms with Crippen LogP contribution in [0.5, 0.6) is 0 Å². The van der Waals surface area contributed by atoms with Gasteiger partial charge in [0, 0.05) is 23.3 Å². The van der Waals surface area contributed by atoms with Gasteiger partial charge in [-0.2, -0.15) is 5.10 Å². The van der Waals surface area contributed by atoms with E-state index in [-0.39, 0.29) is 5.91 Å². The summed E-state index contributed by atoms with van der Waals surface area (Å²) in [5.41, 5.74) is 0. The highest BCUT2D eigenvalue weighted by atomic mass is 32.1. The average Bonchev–Trinajstić information content (AvgIpc) is 3.20. The minimum absolute atomic E-state index is 0.107. The molecule has 3 rings (SSSR count). The number of hydrogen-bond acceptors (Lipinski definition) is 4. The van der Waals surface area contributed by atoms with Crippen molar-refractivity contribution in [2.24, 2.45) is 0 Å². The molecule has 1 fully saturated rings. The summed E-state index contributed by atoms with van der Waals surface area (Å²) < 4.78 is 1.95. The number of likely N-dealkylation sites (tertiary alicyclic amines) is 1. The van der Waals surface area contributed by atoms with E-state index in [0.717, 1.165) is 25.9 Å². The van der Waals surface area contributed by atoms with Gasteiger partial charge in [0.15, 0.2) is 0 Å². The Morgan fingerprint density at radius 1 is 1.48 bits per heavy atom. The van der Waals surface area contributed by atoms with Gasteiger partial charge in [0.05, 0.1) is 19.6 Å². The number of hydrogen-bond donors (Lipinski definition) is 1. The number of amides is 1. The first-order valence-electron chi connectivity index (χ1n) is 7.32. The molecule has 1 saturated heterocycles. The highest BCUT2D eigenvalue weighted by molar-refractivity contribution is 7.09. The van der Waals surface area contributed by atoms with Gasteiger partial charge in [-0.25, -0.2) is 0 Å². The lowest BCUT2D eigenvalue weighted by Crippen LogP contribution is -2.41. The number of carbonyl (C=O) groups is 1. The van der Waals surface area contributed by atoms with Crippen LogP contribution in [-0.4, -0.2) is 39.7 Å². The average molecular weight is 304 g/mol. The van der Waals surface area contributed by atoms with Crippen LogP contribution in [0.25, 0.3) is 0 Å². The summed E-state index contributed by atoms with van der Waals surface area (Å²) in [6, 6.07) is 6.40. The lowest BCUT2D eigenvalue weighted by Gasteiger charge is -2.23. The Balaban J connectivity index is 1.47. The number of nitrogens with zero attached hydrogens (tertiary/aromatic N) is 3. The molecule has 2 aromatic rings. The van der Waals surface area contributed by atoms with E-state index >= 15 is 0 Å². The minimum atomic E-state index is 0.107. The predicted octanol–water partition coefficient (Wildman–Crippen LogP) is 1.73. The highest BCUT2D eigenvalue weighted by Crippen LogP contribution is 2.18. The van der Waals surface area contributed by atoms with Crippen molar-refractivity contribution in [3.63, 3.8) is 0 Å². The topological polar surface area (TPSA) is 50.2 Å². The summed E-state index contributed by atoms with van der Waals surface area (Å²) >= 11 is 1.67. The van der Waals surface area contributed by atoms with Crippen molar-refractivity contribution in [2.45, 2.75) is 32.0 Å². The molecule has 1 N–H and O–H groups in total. The maximum absolute atomic E-state index is 12.1. The number of rotatable bonds is 6. The Hall–Kier alpha value is -1.66. The summed E-state index contributed by atoms with van der Waals surface area (Å²) in [4.78, 5) is 15.5. The molecule has 1 amide bonds. The van der Waals surface area contributed by atoms with E-state index in [1.54, 1.807) is 17.5 Å². The molecule has 6 heteroatoms. The maximum Gasteiger partial charge on any atom is 0.234 e. The second kappa shape index (κ2) is 6.87. The van der Waals surface area contributed by atoms with Crippen molar-refractivity contribution in [1.29, 1.82) is 0 Å². The standard InChI is InChI=1S/C15H20N4OS/c20-15(16-10-14-5-2-9-21-14)12-18-7-1-4-13(18)11-19-8-3-6-17-19/h2-3,5-6,8-9,13H,1,4,7,10-12H2,(H,16,20). The minimum Gasteiger partial charge on any atom is -0.350 e. The molecule has 112 valence electrons. The zero-order valence-corrected chi connectivity index (χ0v) is 12.8. The summed E-state index contributed by atoms with van der Waals surface area (Å²) in [7, 11) is 0. The van der Waals surface area contributed by atoms with E-state index in [9.17, 15) is 4.79 Å². The molecule has 1 atom stereocenters. The van der Waals surface area contributed by atoms with Crippen LogP contribution in [0, 0.1) is 0 Å². The van der Waals surface area contributed by atoms with Gasteiger partial charge >= 0.3 is 0 Å². The van der Waals surface area contributed by atoms with Gasteiger partial charge in [-0.15, -0.1) is 11.3 Å². The smallest absolute Gasteiger partial charge is 0.234 e. The van der Waals surface area contributed by atoms with E-state index in [2.05, 4.69) is 15.3 Å². The molecule has 0 aromatic carbocycles. The Bertz CT molecular complexity index is 552. The van der Waals surface area contributed by atoms with Crippen LogP contribution in [0.4, 0.5) is 0 Å². The lowest BCUT2D eigenvalue weighted by atomic mass is 10.2. The van der Waals surface area contributed by atoms with E-state index in [1.165, 1.54) is 4.88 Å². The van der Waals surface area contributed by atoms with E-state index in [1.807, 2.05) is 34.5 Å². The van der Waals surface area contributed by atoms with Crippen LogP contribution >= 0.6 is 11.3 Å². The molecule has 2 aromatic heterocycles. The summed E-state index contributed by atoms with van der Waals surface area (Å²) in [5.74, 6) is 0.107. The van der Waals surface area contributed by atoms with Crippen molar-refractivity contribution >= 4 is 17.2 Å². The van der Waals surface area contributed by atoms with Crippen molar-refractivity contribution in [2.75, 3.05) is 13.1 Å². The van der Waals surface area contributed by atoms with Gasteiger partial charge in [-0.05, 0) is 36.9 Å². The van der Waals surface area contributed by atoms with E-state index < -0.39 is 0 Å². The molecule has 1 aliphatic heterocycles. The normalized spacial score (nSPS) is 19.0. The number of aromatic nitrogens is 2. The predicted molar refractivity (Wildman–Crippen MR) is 83.0 cm³/mol. The van der Waals surface area contributed by atoms with E-state index in [4.69, 9.17) is 0 Å². The van der Waals surface area contributed by atoms with Crippen LogP contribution in [0.15, 0.2) is 36.0 Å². The van der Waals surface area contributed by atoms with E-state index in [0.29, 0.717) is 19.1 Å².